The van der Waals surface area contributed by atoms with Crippen molar-refractivity contribution in [1.82, 2.24) is 15.5 Å². The fourth-order valence-corrected chi connectivity index (χ4v) is 1.93. The summed E-state index contributed by atoms with van der Waals surface area (Å²) in [7, 11) is 5.47. The highest BCUT2D eigenvalue weighted by molar-refractivity contribution is 5.85. The molecule has 134 valence electrons. The lowest BCUT2D eigenvalue weighted by molar-refractivity contribution is -0.120. The smallest absolute Gasteiger partial charge is 0.234 e. The molecule has 0 fully saturated rings. The minimum atomic E-state index is -0.261. The van der Waals surface area contributed by atoms with Gasteiger partial charge in [-0.15, -0.1) is 24.8 Å². The van der Waals surface area contributed by atoms with Crippen LogP contribution in [0, 0.1) is 5.82 Å². The maximum Gasteiger partial charge on any atom is 0.234 e. The van der Waals surface area contributed by atoms with Crippen molar-refractivity contribution in [3.05, 3.63) is 35.6 Å². The summed E-state index contributed by atoms with van der Waals surface area (Å²) in [6.07, 6.45) is 0. The van der Waals surface area contributed by atoms with Crippen LogP contribution < -0.4 is 10.6 Å². The molecule has 2 N–H and O–H groups in total. The number of ether oxygens (including phenoxy) is 1. The van der Waals surface area contributed by atoms with Crippen molar-refractivity contribution in [2.75, 3.05) is 47.4 Å². The van der Waals surface area contributed by atoms with E-state index in [0.29, 0.717) is 19.7 Å². The first-order valence-corrected chi connectivity index (χ1v) is 6.93. The first-order chi connectivity index (χ1) is 10.0. The van der Waals surface area contributed by atoms with Crippen LogP contribution in [-0.2, 0) is 9.53 Å². The van der Waals surface area contributed by atoms with E-state index in [1.54, 1.807) is 19.2 Å². The van der Waals surface area contributed by atoms with Gasteiger partial charge in [0.2, 0.25) is 5.91 Å². The Hall–Kier alpha value is -0.920. The third-order valence-electron chi connectivity index (χ3n) is 3.14. The van der Waals surface area contributed by atoms with E-state index in [1.807, 2.05) is 19.0 Å². The third kappa shape index (κ3) is 9.73. The lowest BCUT2D eigenvalue weighted by Gasteiger charge is -2.25. The van der Waals surface area contributed by atoms with E-state index < -0.39 is 0 Å². The molecule has 5 nitrogen and oxygen atoms in total. The molecule has 1 amide bonds. The number of rotatable bonds is 9. The molecule has 0 aliphatic heterocycles. The summed E-state index contributed by atoms with van der Waals surface area (Å²) in [5, 5.41) is 5.86. The summed E-state index contributed by atoms with van der Waals surface area (Å²) in [4.78, 5) is 13.7. The molecule has 0 bridgehead atoms. The number of nitrogens with zero attached hydrogens (tertiary/aromatic N) is 1. The standard InChI is InChI=1S/C15H24FN3O2.2ClH/c1-19(2)14(12-4-6-13(16)7-5-12)10-18-15(20)11-17-8-9-21-3;;/h4-7,14,17H,8-11H2,1-3H3,(H,18,20);2*1H. The lowest BCUT2D eigenvalue weighted by Crippen LogP contribution is -2.39. The Morgan fingerprint density at radius 1 is 1.26 bits per heavy atom. The Morgan fingerprint density at radius 2 is 1.87 bits per heavy atom. The second kappa shape index (κ2) is 13.5. The molecule has 0 aliphatic carbocycles. The van der Waals surface area contributed by atoms with E-state index in [2.05, 4.69) is 10.6 Å². The summed E-state index contributed by atoms with van der Waals surface area (Å²) in [6, 6.07) is 6.35. The molecule has 8 heteroatoms. The Kier molecular flexibility index (Phi) is 14.3. The van der Waals surface area contributed by atoms with Gasteiger partial charge in [0.15, 0.2) is 0 Å². The summed E-state index contributed by atoms with van der Waals surface area (Å²) >= 11 is 0. The van der Waals surface area contributed by atoms with Gasteiger partial charge < -0.3 is 20.3 Å². The molecule has 0 saturated carbocycles. The maximum absolute atomic E-state index is 13.0. The number of nitrogens with one attached hydrogen (secondary N) is 2. The molecule has 1 aromatic rings. The summed E-state index contributed by atoms with van der Waals surface area (Å²) in [6.45, 7) is 1.94. The number of carbonyl (C=O) groups excluding carboxylic acids is 1. The number of benzene rings is 1. The first kappa shape index (κ1) is 24.3. The Morgan fingerprint density at radius 3 is 2.39 bits per heavy atom. The van der Waals surface area contributed by atoms with Crippen molar-refractivity contribution >= 4 is 30.7 Å². The van der Waals surface area contributed by atoms with Gasteiger partial charge in [-0.1, -0.05) is 12.1 Å². The zero-order valence-corrected chi connectivity index (χ0v) is 15.3. The van der Waals surface area contributed by atoms with Gasteiger partial charge in [-0.05, 0) is 31.8 Å². The van der Waals surface area contributed by atoms with Crippen molar-refractivity contribution in [1.29, 1.82) is 0 Å². The van der Waals surface area contributed by atoms with Gasteiger partial charge in [0.25, 0.3) is 0 Å². The number of methoxy groups -OCH3 is 1. The van der Waals surface area contributed by atoms with Crippen LogP contribution in [0.4, 0.5) is 4.39 Å². The molecule has 0 aromatic heterocycles. The molecule has 1 atom stereocenters. The quantitative estimate of drug-likeness (QED) is 0.649. The Labute approximate surface area is 149 Å². The van der Waals surface area contributed by atoms with Gasteiger partial charge in [-0.25, -0.2) is 4.39 Å². The van der Waals surface area contributed by atoms with E-state index in [4.69, 9.17) is 4.74 Å². The molecule has 0 spiro atoms. The fourth-order valence-electron chi connectivity index (χ4n) is 1.93. The molecule has 23 heavy (non-hydrogen) atoms. The molecular formula is C15H26Cl2FN3O2. The van der Waals surface area contributed by atoms with Crippen LogP contribution >= 0.6 is 24.8 Å². The van der Waals surface area contributed by atoms with Crippen LogP contribution in [0.5, 0.6) is 0 Å². The second-order valence-corrected chi connectivity index (χ2v) is 5.00. The lowest BCUT2D eigenvalue weighted by atomic mass is 10.1. The number of hydrogen-bond donors (Lipinski definition) is 2. The largest absolute Gasteiger partial charge is 0.383 e. The van der Waals surface area contributed by atoms with E-state index in [0.717, 1.165) is 5.56 Å². The predicted octanol–water partition coefficient (Wildman–Crippen LogP) is 1.62. The summed E-state index contributed by atoms with van der Waals surface area (Å²) in [5.74, 6) is -0.331. The van der Waals surface area contributed by atoms with Crippen LogP contribution in [0.1, 0.15) is 11.6 Å². The SMILES string of the molecule is COCCNCC(=O)NCC(c1ccc(F)cc1)N(C)C.Cl.Cl. The molecule has 0 aliphatic rings. The molecule has 0 heterocycles. The number of hydrogen-bond acceptors (Lipinski definition) is 4. The van der Waals surface area contributed by atoms with Crippen LogP contribution in [0.3, 0.4) is 0 Å². The van der Waals surface area contributed by atoms with Gasteiger partial charge in [-0.3, -0.25) is 4.79 Å². The van der Waals surface area contributed by atoms with E-state index in [-0.39, 0.29) is 49.1 Å². The Balaban J connectivity index is 0. The maximum atomic E-state index is 13.0. The molecular weight excluding hydrogens is 344 g/mol. The van der Waals surface area contributed by atoms with Gasteiger partial charge in [0, 0.05) is 20.2 Å². The van der Waals surface area contributed by atoms with Gasteiger partial charge in [0.1, 0.15) is 5.82 Å². The second-order valence-electron chi connectivity index (χ2n) is 5.00. The Bertz CT molecular complexity index is 433. The van der Waals surface area contributed by atoms with Gasteiger partial charge >= 0.3 is 0 Å². The zero-order chi connectivity index (χ0) is 15.7. The number of carbonyl (C=O) groups is 1. The van der Waals surface area contributed by atoms with E-state index in [9.17, 15) is 9.18 Å². The first-order valence-electron chi connectivity index (χ1n) is 6.93. The van der Waals surface area contributed by atoms with Crippen molar-refractivity contribution in [2.45, 2.75) is 6.04 Å². The van der Waals surface area contributed by atoms with Crippen molar-refractivity contribution in [2.24, 2.45) is 0 Å². The molecule has 1 aromatic carbocycles. The third-order valence-corrected chi connectivity index (χ3v) is 3.14. The molecule has 1 rings (SSSR count). The van der Waals surface area contributed by atoms with Crippen LogP contribution in [0.25, 0.3) is 0 Å². The van der Waals surface area contributed by atoms with E-state index in [1.165, 1.54) is 12.1 Å². The topological polar surface area (TPSA) is 53.6 Å². The molecule has 0 saturated heterocycles. The number of halogens is 3. The van der Waals surface area contributed by atoms with Crippen LogP contribution in [0.15, 0.2) is 24.3 Å². The minimum Gasteiger partial charge on any atom is -0.383 e. The highest BCUT2D eigenvalue weighted by Gasteiger charge is 2.15. The molecule has 1 unspecified atom stereocenters. The van der Waals surface area contributed by atoms with Crippen LogP contribution in [-0.4, -0.2) is 58.3 Å². The average molecular weight is 370 g/mol. The highest BCUT2D eigenvalue weighted by atomic mass is 35.5. The number of likely N-dealkylation sites (N-methyl/N-ethyl adjacent to an activating group) is 1. The predicted molar refractivity (Wildman–Crippen MR) is 95.1 cm³/mol. The van der Waals surface area contributed by atoms with Gasteiger partial charge in [-0.2, -0.15) is 0 Å². The van der Waals surface area contributed by atoms with Crippen LogP contribution in [0.2, 0.25) is 0 Å². The normalized spacial score (nSPS) is 11.3. The van der Waals surface area contributed by atoms with Crippen molar-refractivity contribution < 1.29 is 13.9 Å². The van der Waals surface area contributed by atoms with E-state index >= 15 is 0 Å². The van der Waals surface area contributed by atoms with Crippen molar-refractivity contribution in [3.63, 3.8) is 0 Å². The van der Waals surface area contributed by atoms with Crippen molar-refractivity contribution in [3.8, 4) is 0 Å². The summed E-state index contributed by atoms with van der Waals surface area (Å²) in [5.41, 5.74) is 0.967. The summed E-state index contributed by atoms with van der Waals surface area (Å²) < 4.78 is 17.9. The monoisotopic (exact) mass is 369 g/mol. The molecule has 0 radical (unpaired) electrons. The average Bonchev–Trinajstić information content (AvgIpc) is 2.45. The highest BCUT2D eigenvalue weighted by Crippen LogP contribution is 2.17. The minimum absolute atomic E-state index is 0. The fraction of sp³-hybridized carbons (Fsp3) is 0.533. The van der Waals surface area contributed by atoms with Gasteiger partial charge in [0.05, 0.1) is 19.2 Å². The number of amides is 1. The zero-order valence-electron chi connectivity index (χ0n) is 13.7.